The van der Waals surface area contributed by atoms with Crippen LogP contribution in [0.2, 0.25) is 0 Å². The highest BCUT2D eigenvalue weighted by atomic mass is 19.1. The first-order chi connectivity index (χ1) is 10.1. The van der Waals surface area contributed by atoms with E-state index in [1.54, 1.807) is 0 Å². The lowest BCUT2D eigenvalue weighted by atomic mass is 9.92. The quantitative estimate of drug-likeness (QED) is 0.512. The number of rotatable bonds is 5. The lowest BCUT2D eigenvalue weighted by molar-refractivity contribution is -0.387. The molecule has 22 heavy (non-hydrogen) atoms. The van der Waals surface area contributed by atoms with E-state index in [0.717, 1.165) is 12.1 Å². The van der Waals surface area contributed by atoms with E-state index in [1.165, 1.54) is 6.07 Å². The maximum Gasteiger partial charge on any atom is 0.306 e. The van der Waals surface area contributed by atoms with Crippen molar-refractivity contribution in [3.63, 3.8) is 0 Å². The van der Waals surface area contributed by atoms with Crippen molar-refractivity contribution in [3.8, 4) is 0 Å². The number of nitrogens with zero attached hydrogens (tertiary/aromatic N) is 1. The average Bonchev–Trinajstić information content (AvgIpc) is 2.36. The molecule has 1 rings (SSSR count). The molecule has 120 valence electrons. The van der Waals surface area contributed by atoms with Crippen LogP contribution in [0.3, 0.4) is 0 Å². The molecule has 1 N–H and O–H groups in total. The number of halogens is 1. The van der Waals surface area contributed by atoms with E-state index in [4.69, 9.17) is 4.74 Å². The third-order valence-corrected chi connectivity index (χ3v) is 2.47. The van der Waals surface area contributed by atoms with E-state index in [9.17, 15) is 24.1 Å². The molecular weight excluding hydrogens is 295 g/mol. The number of benzene rings is 1. The van der Waals surface area contributed by atoms with Gasteiger partial charge in [0, 0.05) is 11.8 Å². The van der Waals surface area contributed by atoms with Gasteiger partial charge < -0.3 is 10.1 Å². The molecule has 0 aliphatic rings. The van der Waals surface area contributed by atoms with E-state index in [1.807, 2.05) is 20.8 Å². The van der Waals surface area contributed by atoms with Crippen molar-refractivity contribution in [2.75, 3.05) is 11.9 Å². The van der Waals surface area contributed by atoms with Crippen LogP contribution in [0.15, 0.2) is 18.2 Å². The zero-order valence-electron chi connectivity index (χ0n) is 12.5. The van der Waals surface area contributed by atoms with Crippen molar-refractivity contribution in [3.05, 3.63) is 34.1 Å². The largest absolute Gasteiger partial charge is 0.456 e. The fourth-order valence-electron chi connectivity index (χ4n) is 1.56. The van der Waals surface area contributed by atoms with Gasteiger partial charge in [-0.15, -0.1) is 0 Å². The average molecular weight is 312 g/mol. The number of nitro benzene ring substituents is 1. The maximum atomic E-state index is 13.1. The first-order valence-corrected chi connectivity index (χ1v) is 6.48. The van der Waals surface area contributed by atoms with E-state index in [2.05, 4.69) is 5.32 Å². The number of amides is 1. The van der Waals surface area contributed by atoms with Crippen LogP contribution in [0.25, 0.3) is 0 Å². The minimum absolute atomic E-state index is 0.0463. The third-order valence-electron chi connectivity index (χ3n) is 2.47. The molecule has 0 bridgehead atoms. The van der Waals surface area contributed by atoms with Crippen molar-refractivity contribution >= 4 is 23.3 Å². The van der Waals surface area contributed by atoms with Crippen LogP contribution in [0.5, 0.6) is 0 Å². The summed E-state index contributed by atoms with van der Waals surface area (Å²) in [5.41, 5.74) is -0.960. The van der Waals surface area contributed by atoms with Crippen LogP contribution >= 0.6 is 0 Å². The third kappa shape index (κ3) is 5.86. The summed E-state index contributed by atoms with van der Waals surface area (Å²) in [5.74, 6) is -2.18. The maximum absolute atomic E-state index is 13.1. The van der Waals surface area contributed by atoms with Crippen molar-refractivity contribution in [1.29, 1.82) is 0 Å². The van der Waals surface area contributed by atoms with Crippen molar-refractivity contribution in [2.24, 2.45) is 5.41 Å². The Labute approximate surface area is 126 Å². The molecule has 0 saturated carbocycles. The normalized spacial score (nSPS) is 10.9. The van der Waals surface area contributed by atoms with Crippen LogP contribution in [0, 0.1) is 21.3 Å². The summed E-state index contributed by atoms with van der Waals surface area (Å²) < 4.78 is 17.9. The van der Waals surface area contributed by atoms with Crippen LogP contribution in [-0.2, 0) is 14.3 Å². The highest BCUT2D eigenvalue weighted by molar-refractivity contribution is 5.93. The molecule has 0 fully saturated rings. The van der Waals surface area contributed by atoms with Gasteiger partial charge in [0.15, 0.2) is 6.61 Å². The monoisotopic (exact) mass is 312 g/mol. The zero-order valence-corrected chi connectivity index (χ0v) is 12.5. The molecule has 0 atom stereocenters. The number of carbonyl (C=O) groups excluding carboxylic acids is 2. The molecule has 1 amide bonds. The highest BCUT2D eigenvalue weighted by Gasteiger charge is 2.19. The van der Waals surface area contributed by atoms with Gasteiger partial charge in [0.25, 0.3) is 5.91 Å². The van der Waals surface area contributed by atoms with Gasteiger partial charge in [-0.25, -0.2) is 0 Å². The van der Waals surface area contributed by atoms with E-state index in [-0.39, 0.29) is 17.5 Å². The summed E-state index contributed by atoms with van der Waals surface area (Å²) in [6, 6.07) is 2.95. The van der Waals surface area contributed by atoms with Crippen LogP contribution in [0.1, 0.15) is 27.2 Å². The van der Waals surface area contributed by atoms with Gasteiger partial charge in [0.2, 0.25) is 5.82 Å². The molecule has 0 aromatic heterocycles. The van der Waals surface area contributed by atoms with Crippen LogP contribution in [0.4, 0.5) is 15.8 Å². The van der Waals surface area contributed by atoms with Gasteiger partial charge in [-0.1, -0.05) is 20.8 Å². The van der Waals surface area contributed by atoms with Crippen LogP contribution < -0.4 is 5.32 Å². The Hall–Kier alpha value is -2.51. The number of esters is 1. The summed E-state index contributed by atoms with van der Waals surface area (Å²) in [7, 11) is 0. The first kappa shape index (κ1) is 17.5. The first-order valence-electron chi connectivity index (χ1n) is 6.48. The molecule has 1 aromatic carbocycles. The second-order valence-electron chi connectivity index (χ2n) is 5.87. The van der Waals surface area contributed by atoms with Gasteiger partial charge in [0.1, 0.15) is 0 Å². The summed E-state index contributed by atoms with van der Waals surface area (Å²) in [5, 5.41) is 12.9. The van der Waals surface area contributed by atoms with E-state index in [0.29, 0.717) is 0 Å². The van der Waals surface area contributed by atoms with E-state index >= 15 is 0 Å². The highest BCUT2D eigenvalue weighted by Crippen LogP contribution is 2.21. The molecular formula is C14H17FN2O5. The van der Waals surface area contributed by atoms with Crippen molar-refractivity contribution < 1.29 is 23.6 Å². The molecule has 8 heteroatoms. The number of hydrogen-bond acceptors (Lipinski definition) is 5. The molecule has 0 spiro atoms. The standard InChI is InChI=1S/C14H17FN2O5/c1-14(2,3)7-13(19)22-8-12(18)16-9-4-5-10(15)11(6-9)17(20)21/h4-6H,7-8H2,1-3H3,(H,16,18). The second-order valence-corrected chi connectivity index (χ2v) is 5.87. The number of carbonyl (C=O) groups is 2. The predicted octanol–water partition coefficient (Wildman–Crippen LogP) is 2.65. The minimum atomic E-state index is -1.00. The number of nitrogens with one attached hydrogen (secondary N) is 1. The minimum Gasteiger partial charge on any atom is -0.456 e. The summed E-state index contributed by atoms with van der Waals surface area (Å²) >= 11 is 0. The number of hydrogen-bond donors (Lipinski definition) is 1. The predicted molar refractivity (Wildman–Crippen MR) is 76.7 cm³/mol. The second kappa shape index (κ2) is 6.97. The van der Waals surface area contributed by atoms with Crippen LogP contribution in [-0.4, -0.2) is 23.4 Å². The number of anilines is 1. The zero-order chi connectivity index (χ0) is 16.9. The number of ether oxygens (including phenoxy) is 1. The summed E-state index contributed by atoms with van der Waals surface area (Å²) in [4.78, 5) is 32.8. The summed E-state index contributed by atoms with van der Waals surface area (Å²) in [6.45, 7) is 5.05. The molecule has 7 nitrogen and oxygen atoms in total. The van der Waals surface area contributed by atoms with Gasteiger partial charge in [-0.3, -0.25) is 19.7 Å². The van der Waals surface area contributed by atoms with Gasteiger partial charge >= 0.3 is 11.7 Å². The lowest BCUT2D eigenvalue weighted by Gasteiger charge is -2.16. The SMILES string of the molecule is CC(C)(C)CC(=O)OCC(=O)Nc1ccc(F)c([N+](=O)[O-])c1. The molecule has 0 aliphatic heterocycles. The van der Waals surface area contributed by atoms with Gasteiger partial charge in [-0.05, 0) is 17.5 Å². The summed E-state index contributed by atoms with van der Waals surface area (Å²) in [6.07, 6.45) is 0.155. The Morgan fingerprint density at radius 2 is 2.00 bits per heavy atom. The Bertz CT molecular complexity index is 595. The Balaban J connectivity index is 2.57. The topological polar surface area (TPSA) is 98.5 Å². The fraction of sp³-hybridized carbons (Fsp3) is 0.429. The fourth-order valence-corrected chi connectivity index (χ4v) is 1.56. The smallest absolute Gasteiger partial charge is 0.306 e. The molecule has 0 heterocycles. The Kier molecular flexibility index (Phi) is 5.56. The molecule has 0 radical (unpaired) electrons. The van der Waals surface area contributed by atoms with E-state index < -0.39 is 34.9 Å². The lowest BCUT2D eigenvalue weighted by Crippen LogP contribution is -2.23. The van der Waals surface area contributed by atoms with Crippen molar-refractivity contribution in [2.45, 2.75) is 27.2 Å². The van der Waals surface area contributed by atoms with Gasteiger partial charge in [-0.2, -0.15) is 4.39 Å². The van der Waals surface area contributed by atoms with Gasteiger partial charge in [0.05, 0.1) is 11.3 Å². The number of nitro groups is 1. The molecule has 0 saturated heterocycles. The Morgan fingerprint density at radius 1 is 1.36 bits per heavy atom. The molecule has 0 aliphatic carbocycles. The molecule has 0 unspecified atom stereocenters. The Morgan fingerprint density at radius 3 is 2.55 bits per heavy atom. The van der Waals surface area contributed by atoms with Crippen molar-refractivity contribution in [1.82, 2.24) is 0 Å². The molecule has 1 aromatic rings.